The van der Waals surface area contributed by atoms with Crippen molar-refractivity contribution in [1.29, 1.82) is 5.26 Å². The highest BCUT2D eigenvalue weighted by molar-refractivity contribution is 7.89. The van der Waals surface area contributed by atoms with Crippen LogP contribution in [0.4, 0.5) is 0 Å². The summed E-state index contributed by atoms with van der Waals surface area (Å²) in [6.07, 6.45) is 1.34. The zero-order valence-corrected chi connectivity index (χ0v) is 19.1. The van der Waals surface area contributed by atoms with Crippen LogP contribution >= 0.6 is 0 Å². The standard InChI is InChI=1S/C27H26N2O2S/c1-20-10-14-22(15-11-20)27(23-16-12-21(2)13-17-23)25-9-6-18-29(26(25)19-28)32(30,31)24-7-4-3-5-8-24/h3-5,7-8,10-17,26H,6,9,18H2,1-2H3. The molecule has 0 saturated carbocycles. The van der Waals surface area contributed by atoms with Gasteiger partial charge in [0.2, 0.25) is 10.0 Å². The highest BCUT2D eigenvalue weighted by Crippen LogP contribution is 2.37. The molecule has 3 aromatic rings. The van der Waals surface area contributed by atoms with Gasteiger partial charge in [0.25, 0.3) is 0 Å². The highest BCUT2D eigenvalue weighted by atomic mass is 32.2. The number of hydrogen-bond acceptors (Lipinski definition) is 3. The Morgan fingerprint density at radius 3 is 1.91 bits per heavy atom. The first-order valence-corrected chi connectivity index (χ1v) is 12.2. The molecule has 0 bridgehead atoms. The molecule has 1 saturated heterocycles. The quantitative estimate of drug-likeness (QED) is 0.537. The molecule has 1 unspecified atom stereocenters. The molecule has 4 nitrogen and oxygen atoms in total. The normalized spacial score (nSPS) is 17.0. The molecular weight excluding hydrogens is 416 g/mol. The Labute approximate surface area is 190 Å². The van der Waals surface area contributed by atoms with Crippen molar-refractivity contribution in [1.82, 2.24) is 4.31 Å². The van der Waals surface area contributed by atoms with Gasteiger partial charge in [0.15, 0.2) is 0 Å². The van der Waals surface area contributed by atoms with Crippen LogP contribution in [0.1, 0.15) is 35.1 Å². The van der Waals surface area contributed by atoms with E-state index in [2.05, 4.69) is 30.3 Å². The maximum atomic E-state index is 13.4. The van der Waals surface area contributed by atoms with Gasteiger partial charge in [0.05, 0.1) is 11.0 Å². The fourth-order valence-electron chi connectivity index (χ4n) is 4.23. The summed E-state index contributed by atoms with van der Waals surface area (Å²) in [5.74, 6) is 0. The lowest BCUT2D eigenvalue weighted by molar-refractivity contribution is 0.352. The van der Waals surface area contributed by atoms with Crippen molar-refractivity contribution >= 4 is 15.6 Å². The van der Waals surface area contributed by atoms with E-state index in [1.54, 1.807) is 30.3 Å². The van der Waals surface area contributed by atoms with Crippen molar-refractivity contribution in [2.75, 3.05) is 6.54 Å². The molecule has 162 valence electrons. The molecule has 4 rings (SSSR count). The summed E-state index contributed by atoms with van der Waals surface area (Å²) in [4.78, 5) is 0.216. The second-order valence-electron chi connectivity index (χ2n) is 8.20. The summed E-state index contributed by atoms with van der Waals surface area (Å²) in [6, 6.07) is 26.2. The Kier molecular flexibility index (Phi) is 6.27. The van der Waals surface area contributed by atoms with Crippen LogP contribution in [-0.2, 0) is 10.0 Å². The molecule has 1 heterocycles. The van der Waals surface area contributed by atoms with E-state index in [4.69, 9.17) is 0 Å². The van der Waals surface area contributed by atoms with Gasteiger partial charge in [-0.25, -0.2) is 8.42 Å². The second-order valence-corrected chi connectivity index (χ2v) is 10.1. The molecule has 1 fully saturated rings. The van der Waals surface area contributed by atoms with Gasteiger partial charge in [-0.05, 0) is 61.1 Å². The van der Waals surface area contributed by atoms with E-state index >= 15 is 0 Å². The molecular formula is C27H26N2O2S. The summed E-state index contributed by atoms with van der Waals surface area (Å²) in [6.45, 7) is 4.40. The van der Waals surface area contributed by atoms with E-state index in [0.717, 1.165) is 33.4 Å². The van der Waals surface area contributed by atoms with E-state index < -0.39 is 16.1 Å². The van der Waals surface area contributed by atoms with Crippen LogP contribution in [0.15, 0.2) is 89.3 Å². The summed E-state index contributed by atoms with van der Waals surface area (Å²) in [5.41, 5.74) is 6.09. The first-order chi connectivity index (χ1) is 15.4. The Balaban J connectivity index is 1.90. The van der Waals surface area contributed by atoms with Gasteiger partial charge < -0.3 is 0 Å². The minimum absolute atomic E-state index is 0.216. The van der Waals surface area contributed by atoms with Crippen molar-refractivity contribution in [3.05, 3.63) is 107 Å². The van der Waals surface area contributed by atoms with Crippen LogP contribution in [0.2, 0.25) is 0 Å². The van der Waals surface area contributed by atoms with E-state index in [0.29, 0.717) is 19.4 Å². The molecule has 1 atom stereocenters. The van der Waals surface area contributed by atoms with Gasteiger partial charge in [-0.15, -0.1) is 0 Å². The van der Waals surface area contributed by atoms with Gasteiger partial charge in [0.1, 0.15) is 6.04 Å². The number of nitriles is 1. The summed E-state index contributed by atoms with van der Waals surface area (Å²) < 4.78 is 28.2. The third-order valence-corrected chi connectivity index (χ3v) is 7.80. The van der Waals surface area contributed by atoms with Crippen molar-refractivity contribution in [2.45, 2.75) is 37.6 Å². The van der Waals surface area contributed by atoms with Crippen LogP contribution < -0.4 is 0 Å². The maximum Gasteiger partial charge on any atom is 0.244 e. The molecule has 5 heteroatoms. The molecule has 3 aromatic carbocycles. The second kappa shape index (κ2) is 9.12. The number of benzene rings is 3. The molecule has 32 heavy (non-hydrogen) atoms. The topological polar surface area (TPSA) is 61.2 Å². The smallest absolute Gasteiger partial charge is 0.207 e. The highest BCUT2D eigenvalue weighted by Gasteiger charge is 2.37. The first-order valence-electron chi connectivity index (χ1n) is 10.8. The van der Waals surface area contributed by atoms with Gasteiger partial charge in [-0.2, -0.15) is 9.57 Å². The molecule has 0 radical (unpaired) electrons. The number of aryl methyl sites for hydroxylation is 2. The Morgan fingerprint density at radius 1 is 0.875 bits per heavy atom. The van der Waals surface area contributed by atoms with Gasteiger partial charge in [0, 0.05) is 6.54 Å². The third kappa shape index (κ3) is 4.25. The van der Waals surface area contributed by atoms with Crippen LogP contribution in [0.3, 0.4) is 0 Å². The predicted octanol–water partition coefficient (Wildman–Crippen LogP) is 5.48. The lowest BCUT2D eigenvalue weighted by Crippen LogP contribution is -2.44. The Morgan fingerprint density at radius 2 is 1.41 bits per heavy atom. The largest absolute Gasteiger partial charge is 0.244 e. The summed E-state index contributed by atoms with van der Waals surface area (Å²) >= 11 is 0. The molecule has 0 N–H and O–H groups in total. The lowest BCUT2D eigenvalue weighted by atomic mass is 9.85. The van der Waals surface area contributed by atoms with Crippen LogP contribution in [0.5, 0.6) is 0 Å². The van der Waals surface area contributed by atoms with E-state index in [1.807, 2.05) is 38.1 Å². The van der Waals surface area contributed by atoms with E-state index in [-0.39, 0.29) is 4.90 Å². The fourth-order valence-corrected chi connectivity index (χ4v) is 5.83. The predicted molar refractivity (Wildman–Crippen MR) is 127 cm³/mol. The Hall–Kier alpha value is -3.20. The average Bonchev–Trinajstić information content (AvgIpc) is 2.82. The molecule has 0 aliphatic carbocycles. The van der Waals surface area contributed by atoms with Crippen molar-refractivity contribution in [2.24, 2.45) is 0 Å². The summed E-state index contributed by atoms with van der Waals surface area (Å²) in [5, 5.41) is 10.2. The lowest BCUT2D eigenvalue weighted by Gasteiger charge is -2.34. The van der Waals surface area contributed by atoms with Crippen LogP contribution in [-0.4, -0.2) is 25.3 Å². The summed E-state index contributed by atoms with van der Waals surface area (Å²) in [7, 11) is -3.79. The van der Waals surface area contributed by atoms with Gasteiger partial charge in [-0.1, -0.05) is 77.9 Å². The van der Waals surface area contributed by atoms with E-state index in [1.165, 1.54) is 4.31 Å². The van der Waals surface area contributed by atoms with Gasteiger partial charge >= 0.3 is 0 Å². The van der Waals surface area contributed by atoms with E-state index in [9.17, 15) is 13.7 Å². The number of nitrogens with zero attached hydrogens (tertiary/aromatic N) is 2. The SMILES string of the molecule is Cc1ccc(C(=C2CCCN(S(=O)(=O)c3ccccc3)C2C#N)c2ccc(C)cc2)cc1. The van der Waals surface area contributed by atoms with Crippen molar-refractivity contribution in [3.8, 4) is 6.07 Å². The molecule has 0 aromatic heterocycles. The number of sulfonamides is 1. The molecule has 0 spiro atoms. The fraction of sp³-hybridized carbons (Fsp3) is 0.222. The molecule has 1 aliphatic heterocycles. The van der Waals surface area contributed by atoms with Crippen LogP contribution in [0, 0.1) is 25.2 Å². The average molecular weight is 443 g/mol. The first kappa shape index (κ1) is 22.0. The van der Waals surface area contributed by atoms with Crippen molar-refractivity contribution in [3.63, 3.8) is 0 Å². The number of piperidine rings is 1. The Bertz CT molecular complexity index is 1220. The van der Waals surface area contributed by atoms with Gasteiger partial charge in [-0.3, -0.25) is 0 Å². The maximum absolute atomic E-state index is 13.4. The zero-order valence-electron chi connectivity index (χ0n) is 18.3. The van der Waals surface area contributed by atoms with Crippen molar-refractivity contribution < 1.29 is 8.42 Å². The minimum Gasteiger partial charge on any atom is -0.207 e. The zero-order chi connectivity index (χ0) is 22.7. The monoisotopic (exact) mass is 442 g/mol. The molecule has 1 aliphatic rings. The van der Waals surface area contributed by atoms with Crippen LogP contribution in [0.25, 0.3) is 5.57 Å². The number of hydrogen-bond donors (Lipinski definition) is 0. The third-order valence-electron chi connectivity index (χ3n) is 5.92. The minimum atomic E-state index is -3.79. The molecule has 0 amide bonds. The number of rotatable bonds is 4.